The van der Waals surface area contributed by atoms with Crippen LogP contribution in [0.2, 0.25) is 5.02 Å². The molecule has 1 amide bonds. The Bertz CT molecular complexity index is 860. The fraction of sp³-hybridized carbons (Fsp3) is 0.400. The first-order valence-electron chi connectivity index (χ1n) is 9.22. The summed E-state index contributed by atoms with van der Waals surface area (Å²) >= 11 is 6.19. The number of rotatable bonds is 4. The van der Waals surface area contributed by atoms with Crippen molar-refractivity contribution in [3.8, 4) is 0 Å². The molecule has 6 nitrogen and oxygen atoms in total. The maximum atomic E-state index is 13.7. The fourth-order valence-corrected chi connectivity index (χ4v) is 3.45. The second-order valence-electron chi connectivity index (χ2n) is 6.83. The molecule has 150 valence electrons. The van der Waals surface area contributed by atoms with E-state index >= 15 is 0 Å². The van der Waals surface area contributed by atoms with Gasteiger partial charge in [-0.05, 0) is 44.1 Å². The third-order valence-electron chi connectivity index (χ3n) is 4.73. The number of amides is 1. The zero-order valence-electron chi connectivity index (χ0n) is 16.0. The molecule has 3 rings (SSSR count). The number of carbonyl (C=O) groups excluding carboxylic acids is 1. The number of anilines is 1. The summed E-state index contributed by atoms with van der Waals surface area (Å²) in [5.41, 5.74) is 7.32. The highest BCUT2D eigenvalue weighted by molar-refractivity contribution is 6.35. The summed E-state index contributed by atoms with van der Waals surface area (Å²) in [6.07, 6.45) is 4.50. The minimum Gasteiger partial charge on any atom is -0.396 e. The number of nitrogens with two attached hydrogens (primary N) is 1. The van der Waals surface area contributed by atoms with Crippen molar-refractivity contribution in [3.63, 3.8) is 0 Å². The second kappa shape index (κ2) is 8.75. The Labute approximate surface area is 168 Å². The van der Waals surface area contributed by atoms with Crippen LogP contribution in [0.1, 0.15) is 25.8 Å². The second-order valence-corrected chi connectivity index (χ2v) is 7.23. The van der Waals surface area contributed by atoms with Crippen molar-refractivity contribution >= 4 is 34.6 Å². The maximum absolute atomic E-state index is 13.7. The summed E-state index contributed by atoms with van der Waals surface area (Å²) < 4.78 is 19.0. The molecule has 1 saturated heterocycles. The Hall–Kier alpha value is -2.38. The van der Waals surface area contributed by atoms with Crippen molar-refractivity contribution in [2.24, 2.45) is 4.99 Å². The highest BCUT2D eigenvalue weighted by atomic mass is 35.5. The summed E-state index contributed by atoms with van der Waals surface area (Å²) in [5.74, 6) is 0.00752. The first kappa shape index (κ1) is 20.4. The Kier molecular flexibility index (Phi) is 6.36. The van der Waals surface area contributed by atoms with E-state index in [2.05, 4.69) is 10.3 Å². The number of amidine groups is 1. The van der Waals surface area contributed by atoms with Crippen LogP contribution in [0.5, 0.6) is 0 Å². The van der Waals surface area contributed by atoms with Crippen LogP contribution >= 0.6 is 11.6 Å². The number of nitrogens with one attached hydrogen (secondary N) is 1. The Morgan fingerprint density at radius 2 is 2.32 bits per heavy atom. The summed E-state index contributed by atoms with van der Waals surface area (Å²) in [6.45, 7) is 6.17. The predicted octanol–water partition coefficient (Wildman–Crippen LogP) is 2.99. The molecule has 0 bridgehead atoms. The van der Waals surface area contributed by atoms with Gasteiger partial charge in [-0.2, -0.15) is 0 Å². The van der Waals surface area contributed by atoms with E-state index in [1.807, 2.05) is 20.0 Å². The average Bonchev–Trinajstić information content (AvgIpc) is 3.17. The maximum Gasteiger partial charge on any atom is 0.254 e. The van der Waals surface area contributed by atoms with Gasteiger partial charge in [-0.25, -0.2) is 4.39 Å². The van der Waals surface area contributed by atoms with Crippen molar-refractivity contribution < 1.29 is 13.9 Å². The van der Waals surface area contributed by atoms with E-state index in [1.54, 1.807) is 11.0 Å². The molecule has 3 N–H and O–H groups in total. The number of likely N-dealkylation sites (N-methyl/N-ethyl adjacent to an activating group) is 1. The quantitative estimate of drug-likeness (QED) is 0.457. The van der Waals surface area contributed by atoms with Crippen molar-refractivity contribution in [1.29, 1.82) is 0 Å². The van der Waals surface area contributed by atoms with Crippen LogP contribution in [0.15, 0.2) is 35.0 Å². The van der Waals surface area contributed by atoms with Gasteiger partial charge in [0.05, 0.1) is 29.2 Å². The van der Waals surface area contributed by atoms with Crippen molar-refractivity contribution in [3.05, 3.63) is 46.4 Å². The van der Waals surface area contributed by atoms with Crippen LogP contribution in [-0.4, -0.2) is 49.0 Å². The molecular formula is C20H24ClFN4O2. The van der Waals surface area contributed by atoms with E-state index < -0.39 is 5.82 Å². The monoisotopic (exact) mass is 406 g/mol. The van der Waals surface area contributed by atoms with Gasteiger partial charge in [-0.15, -0.1) is 0 Å². The standard InChI is InChI=1S/C20H24ClFN4O2/c1-3-26-10-13(9-24-12(2)25-14-4-5-28-11-14)6-16(20(26)27)15-7-19(23)18(22)8-17(15)21/h6-9,14H,3-5,10-11,23H2,1-2H3,(H,24,25)/b13-9-. The van der Waals surface area contributed by atoms with Gasteiger partial charge in [-0.3, -0.25) is 9.79 Å². The zero-order valence-corrected chi connectivity index (χ0v) is 16.7. The molecule has 1 fully saturated rings. The van der Waals surface area contributed by atoms with Gasteiger partial charge in [0.15, 0.2) is 0 Å². The lowest BCUT2D eigenvalue weighted by Crippen LogP contribution is -2.36. The smallest absolute Gasteiger partial charge is 0.254 e. The molecule has 2 aliphatic rings. The highest BCUT2D eigenvalue weighted by Crippen LogP contribution is 2.32. The molecule has 1 aromatic carbocycles. The molecule has 28 heavy (non-hydrogen) atoms. The number of ether oxygens (including phenoxy) is 1. The molecule has 0 radical (unpaired) electrons. The minimum absolute atomic E-state index is 0.0489. The van der Waals surface area contributed by atoms with Crippen molar-refractivity contribution in [2.75, 3.05) is 32.0 Å². The molecule has 0 aliphatic carbocycles. The van der Waals surface area contributed by atoms with Crippen LogP contribution in [0, 0.1) is 5.82 Å². The summed E-state index contributed by atoms with van der Waals surface area (Å²) in [5, 5.41) is 3.33. The van der Waals surface area contributed by atoms with Gasteiger partial charge in [0.25, 0.3) is 5.91 Å². The van der Waals surface area contributed by atoms with Gasteiger partial charge < -0.3 is 20.7 Å². The first-order chi connectivity index (χ1) is 13.4. The molecule has 0 saturated carbocycles. The van der Waals surface area contributed by atoms with Crippen LogP contribution in [0.4, 0.5) is 10.1 Å². The van der Waals surface area contributed by atoms with E-state index in [0.717, 1.165) is 30.5 Å². The van der Waals surface area contributed by atoms with Crippen molar-refractivity contribution in [1.82, 2.24) is 10.2 Å². The van der Waals surface area contributed by atoms with Crippen LogP contribution in [0.3, 0.4) is 0 Å². The van der Waals surface area contributed by atoms with Gasteiger partial charge >= 0.3 is 0 Å². The van der Waals surface area contributed by atoms with Gasteiger partial charge in [0.2, 0.25) is 0 Å². The molecule has 1 aromatic rings. The number of aliphatic imine (C=N–C) groups is 1. The fourth-order valence-electron chi connectivity index (χ4n) is 3.20. The number of halogens is 2. The van der Waals surface area contributed by atoms with E-state index in [4.69, 9.17) is 22.1 Å². The Morgan fingerprint density at radius 1 is 1.54 bits per heavy atom. The molecule has 2 heterocycles. The number of hydrogen-bond acceptors (Lipinski definition) is 4. The van der Waals surface area contributed by atoms with E-state index in [9.17, 15) is 9.18 Å². The molecule has 1 atom stereocenters. The topological polar surface area (TPSA) is 79.9 Å². The molecule has 2 aliphatic heterocycles. The number of nitrogen functional groups attached to an aromatic ring is 1. The lowest BCUT2D eigenvalue weighted by molar-refractivity contribution is -0.124. The molecule has 0 spiro atoms. The van der Waals surface area contributed by atoms with E-state index in [0.29, 0.717) is 30.8 Å². The Morgan fingerprint density at radius 3 is 3.00 bits per heavy atom. The Balaban J connectivity index is 1.89. The summed E-state index contributed by atoms with van der Waals surface area (Å²) in [4.78, 5) is 19.1. The highest BCUT2D eigenvalue weighted by Gasteiger charge is 2.26. The lowest BCUT2D eigenvalue weighted by atomic mass is 9.97. The minimum atomic E-state index is -0.606. The van der Waals surface area contributed by atoms with Crippen LogP contribution < -0.4 is 11.1 Å². The third-order valence-corrected chi connectivity index (χ3v) is 5.04. The first-order valence-corrected chi connectivity index (χ1v) is 9.60. The van der Waals surface area contributed by atoms with Gasteiger partial charge in [0, 0.05) is 37.0 Å². The van der Waals surface area contributed by atoms with Gasteiger partial charge in [-0.1, -0.05) is 11.6 Å². The molecule has 0 aromatic heterocycles. The number of nitrogens with zero attached hydrogens (tertiary/aromatic N) is 2. The van der Waals surface area contributed by atoms with E-state index in [-0.39, 0.29) is 22.7 Å². The normalized spacial score (nSPS) is 22.0. The predicted molar refractivity (Wildman–Crippen MR) is 110 cm³/mol. The zero-order chi connectivity index (χ0) is 20.3. The van der Waals surface area contributed by atoms with Crippen LogP contribution in [-0.2, 0) is 9.53 Å². The largest absolute Gasteiger partial charge is 0.396 e. The van der Waals surface area contributed by atoms with E-state index in [1.165, 1.54) is 6.07 Å². The summed E-state index contributed by atoms with van der Waals surface area (Å²) in [6, 6.07) is 2.71. The number of hydrogen-bond donors (Lipinski definition) is 2. The van der Waals surface area contributed by atoms with Crippen LogP contribution in [0.25, 0.3) is 5.57 Å². The number of carbonyl (C=O) groups is 1. The van der Waals surface area contributed by atoms with Crippen molar-refractivity contribution in [2.45, 2.75) is 26.3 Å². The van der Waals surface area contributed by atoms with Gasteiger partial charge in [0.1, 0.15) is 5.82 Å². The average molecular weight is 407 g/mol. The molecule has 8 heteroatoms. The molecular weight excluding hydrogens is 383 g/mol. The third kappa shape index (κ3) is 4.54. The molecule has 1 unspecified atom stereocenters. The lowest BCUT2D eigenvalue weighted by Gasteiger charge is -2.28. The SMILES string of the molecule is CCN1C/C(=C\NC(C)=NC2CCOC2)C=C(c2cc(N)c(F)cc2Cl)C1=O. The summed E-state index contributed by atoms with van der Waals surface area (Å²) in [7, 11) is 0. The number of benzene rings is 1.